The molecule has 0 spiro atoms. The summed E-state index contributed by atoms with van der Waals surface area (Å²) >= 11 is 0. The summed E-state index contributed by atoms with van der Waals surface area (Å²) in [6.07, 6.45) is 4.50. The number of hydrogen-bond acceptors (Lipinski definition) is 3. The molecule has 1 aliphatic rings. The molecule has 0 N–H and O–H groups in total. The molecule has 1 rings (SSSR count). The van der Waals surface area contributed by atoms with Crippen LogP contribution < -0.4 is 0 Å². The topological polar surface area (TPSA) is 40.6 Å². The van der Waals surface area contributed by atoms with E-state index in [1.807, 2.05) is 18.9 Å². The molecule has 0 fully saturated rings. The molecular formula is C10H16N2O2. The number of amides is 2. The molecule has 0 saturated heterocycles. The van der Waals surface area contributed by atoms with E-state index in [1.54, 1.807) is 0 Å². The van der Waals surface area contributed by atoms with Crippen molar-refractivity contribution < 1.29 is 9.59 Å². The zero-order valence-electron chi connectivity index (χ0n) is 8.69. The average molecular weight is 196 g/mol. The Morgan fingerprint density at radius 3 is 1.86 bits per heavy atom. The summed E-state index contributed by atoms with van der Waals surface area (Å²) < 4.78 is 0. The summed E-state index contributed by atoms with van der Waals surface area (Å²) in [6, 6.07) is 0. The van der Waals surface area contributed by atoms with Gasteiger partial charge >= 0.3 is 0 Å². The molecule has 78 valence electrons. The molecule has 0 aliphatic carbocycles. The van der Waals surface area contributed by atoms with Gasteiger partial charge in [0.05, 0.1) is 0 Å². The molecule has 1 aliphatic heterocycles. The van der Waals surface area contributed by atoms with Crippen molar-refractivity contribution in [2.75, 3.05) is 13.1 Å². The lowest BCUT2D eigenvalue weighted by atomic mass is 10.4. The van der Waals surface area contributed by atoms with Crippen molar-refractivity contribution in [2.45, 2.75) is 26.7 Å². The first-order valence-corrected chi connectivity index (χ1v) is 5.01. The molecule has 1 heterocycles. The van der Waals surface area contributed by atoms with Crippen molar-refractivity contribution in [3.8, 4) is 0 Å². The van der Waals surface area contributed by atoms with Crippen LogP contribution in [-0.2, 0) is 9.59 Å². The molecule has 0 bridgehead atoms. The number of imide groups is 1. The molecule has 0 aromatic rings. The van der Waals surface area contributed by atoms with Gasteiger partial charge in [-0.05, 0) is 12.8 Å². The average Bonchev–Trinajstić information content (AvgIpc) is 2.46. The van der Waals surface area contributed by atoms with Crippen LogP contribution in [0.1, 0.15) is 26.7 Å². The maximum Gasteiger partial charge on any atom is 0.268 e. The monoisotopic (exact) mass is 196 g/mol. The smallest absolute Gasteiger partial charge is 0.268 e. The molecule has 0 atom stereocenters. The van der Waals surface area contributed by atoms with Gasteiger partial charge in [-0.25, -0.2) is 10.0 Å². The van der Waals surface area contributed by atoms with Gasteiger partial charge in [0.15, 0.2) is 0 Å². The minimum Gasteiger partial charge on any atom is -0.268 e. The summed E-state index contributed by atoms with van der Waals surface area (Å²) in [7, 11) is 0. The van der Waals surface area contributed by atoms with Crippen molar-refractivity contribution in [3.63, 3.8) is 0 Å². The number of hydrogen-bond donors (Lipinski definition) is 0. The van der Waals surface area contributed by atoms with E-state index < -0.39 is 0 Å². The van der Waals surface area contributed by atoms with E-state index in [9.17, 15) is 9.59 Å². The SMILES string of the molecule is CCCN(CCC)N1C(=O)C=CC1=O. The van der Waals surface area contributed by atoms with Crippen LogP contribution in [0, 0.1) is 0 Å². The van der Waals surface area contributed by atoms with Crippen LogP contribution in [0.25, 0.3) is 0 Å². The summed E-state index contributed by atoms with van der Waals surface area (Å²) in [5.41, 5.74) is 0. The standard InChI is InChI=1S/C10H16N2O2/c1-3-7-11(8-4-2)12-9(13)5-6-10(12)14/h5-6H,3-4,7-8H2,1-2H3. The fourth-order valence-electron chi connectivity index (χ4n) is 1.50. The first kappa shape index (κ1) is 10.9. The highest BCUT2D eigenvalue weighted by atomic mass is 16.2. The fraction of sp³-hybridized carbons (Fsp3) is 0.600. The maximum absolute atomic E-state index is 11.4. The summed E-state index contributed by atoms with van der Waals surface area (Å²) in [6.45, 7) is 5.54. The number of carbonyl (C=O) groups excluding carboxylic acids is 2. The van der Waals surface area contributed by atoms with Crippen LogP contribution >= 0.6 is 0 Å². The van der Waals surface area contributed by atoms with Gasteiger partial charge < -0.3 is 0 Å². The van der Waals surface area contributed by atoms with E-state index >= 15 is 0 Å². The second-order valence-corrected chi connectivity index (χ2v) is 3.28. The van der Waals surface area contributed by atoms with Crippen LogP contribution in [0.4, 0.5) is 0 Å². The summed E-state index contributed by atoms with van der Waals surface area (Å²) in [5.74, 6) is -0.450. The number of hydrazine groups is 1. The largest absolute Gasteiger partial charge is 0.268 e. The van der Waals surface area contributed by atoms with Crippen molar-refractivity contribution >= 4 is 11.8 Å². The van der Waals surface area contributed by atoms with E-state index in [0.717, 1.165) is 25.9 Å². The zero-order valence-corrected chi connectivity index (χ0v) is 8.69. The molecule has 14 heavy (non-hydrogen) atoms. The Bertz CT molecular complexity index is 237. The lowest BCUT2D eigenvalue weighted by Crippen LogP contribution is -2.47. The third-order valence-electron chi connectivity index (χ3n) is 2.03. The van der Waals surface area contributed by atoms with E-state index in [4.69, 9.17) is 0 Å². The van der Waals surface area contributed by atoms with E-state index in [-0.39, 0.29) is 11.8 Å². The maximum atomic E-state index is 11.4. The van der Waals surface area contributed by atoms with Crippen LogP contribution in [0.15, 0.2) is 12.2 Å². The third-order valence-corrected chi connectivity index (χ3v) is 2.03. The Balaban J connectivity index is 2.67. The quantitative estimate of drug-likeness (QED) is 0.615. The van der Waals surface area contributed by atoms with Crippen molar-refractivity contribution in [2.24, 2.45) is 0 Å². The highest BCUT2D eigenvalue weighted by molar-refractivity contribution is 6.12. The Morgan fingerprint density at radius 2 is 1.50 bits per heavy atom. The molecule has 0 saturated carbocycles. The fourth-order valence-corrected chi connectivity index (χ4v) is 1.50. The molecule has 4 nitrogen and oxygen atoms in total. The molecular weight excluding hydrogens is 180 g/mol. The molecule has 0 unspecified atom stereocenters. The van der Waals surface area contributed by atoms with Crippen LogP contribution in [-0.4, -0.2) is 34.9 Å². The molecule has 0 radical (unpaired) electrons. The highest BCUT2D eigenvalue weighted by Crippen LogP contribution is 2.09. The summed E-state index contributed by atoms with van der Waals surface area (Å²) in [4.78, 5) is 22.7. The van der Waals surface area contributed by atoms with E-state index in [0.29, 0.717) is 0 Å². The third kappa shape index (κ3) is 2.20. The Morgan fingerprint density at radius 1 is 1.07 bits per heavy atom. The predicted octanol–water partition coefficient (Wildman–Crippen LogP) is 0.948. The van der Waals surface area contributed by atoms with Gasteiger partial charge in [-0.2, -0.15) is 0 Å². The first-order valence-electron chi connectivity index (χ1n) is 5.01. The zero-order chi connectivity index (χ0) is 10.6. The molecule has 0 aromatic carbocycles. The van der Waals surface area contributed by atoms with Gasteiger partial charge in [0, 0.05) is 25.2 Å². The molecule has 2 amide bonds. The Labute approximate surface area is 84.1 Å². The van der Waals surface area contributed by atoms with Gasteiger partial charge in [0.2, 0.25) is 0 Å². The lowest BCUT2D eigenvalue weighted by molar-refractivity contribution is -0.155. The number of nitrogens with zero attached hydrogens (tertiary/aromatic N) is 2. The van der Waals surface area contributed by atoms with Gasteiger partial charge in [-0.15, -0.1) is 0 Å². The predicted molar refractivity (Wildman–Crippen MR) is 53.1 cm³/mol. The van der Waals surface area contributed by atoms with Crippen LogP contribution in [0.2, 0.25) is 0 Å². The minimum absolute atomic E-state index is 0.225. The van der Waals surface area contributed by atoms with E-state index in [2.05, 4.69) is 0 Å². The van der Waals surface area contributed by atoms with Gasteiger partial charge in [0.25, 0.3) is 11.8 Å². The second kappa shape index (κ2) is 4.91. The van der Waals surface area contributed by atoms with Crippen LogP contribution in [0.5, 0.6) is 0 Å². The first-order chi connectivity index (χ1) is 6.70. The molecule has 4 heteroatoms. The number of carbonyl (C=O) groups is 2. The van der Waals surface area contributed by atoms with Crippen molar-refractivity contribution in [1.82, 2.24) is 10.0 Å². The van der Waals surface area contributed by atoms with Gasteiger partial charge in [-0.1, -0.05) is 13.8 Å². The number of rotatable bonds is 5. The Kier molecular flexibility index (Phi) is 3.83. The second-order valence-electron chi connectivity index (χ2n) is 3.28. The van der Waals surface area contributed by atoms with Crippen molar-refractivity contribution in [3.05, 3.63) is 12.2 Å². The Hall–Kier alpha value is -1.16. The van der Waals surface area contributed by atoms with E-state index in [1.165, 1.54) is 17.2 Å². The van der Waals surface area contributed by atoms with Crippen molar-refractivity contribution in [1.29, 1.82) is 0 Å². The minimum atomic E-state index is -0.225. The molecule has 0 aromatic heterocycles. The normalized spacial score (nSPS) is 16.1. The van der Waals surface area contributed by atoms with Gasteiger partial charge in [-0.3, -0.25) is 9.59 Å². The lowest BCUT2D eigenvalue weighted by Gasteiger charge is -2.29. The highest BCUT2D eigenvalue weighted by Gasteiger charge is 2.28. The van der Waals surface area contributed by atoms with Gasteiger partial charge in [0.1, 0.15) is 0 Å². The van der Waals surface area contributed by atoms with Crippen LogP contribution in [0.3, 0.4) is 0 Å². The summed E-state index contributed by atoms with van der Waals surface area (Å²) in [5, 5.41) is 3.04.